The molecule has 1 fully saturated rings. The molecular weight excluding hydrogens is 638 g/mol. The quantitative estimate of drug-likeness (QED) is 0.174. The molecule has 1 saturated heterocycles. The van der Waals surface area contributed by atoms with E-state index in [1.807, 2.05) is 0 Å². The zero-order chi connectivity index (χ0) is 32.1. The zero-order valence-corrected chi connectivity index (χ0v) is 24.3. The van der Waals surface area contributed by atoms with Gasteiger partial charge in [0.1, 0.15) is 5.75 Å². The fraction of sp³-hybridized carbons (Fsp3) is 0.276. The third-order valence-electron chi connectivity index (χ3n) is 7.16. The van der Waals surface area contributed by atoms with Crippen LogP contribution in [0.25, 0.3) is 12.2 Å². The fourth-order valence-electron chi connectivity index (χ4n) is 5.13. The number of hydrogen-bond acceptors (Lipinski definition) is 6. The highest BCUT2D eigenvalue weighted by Crippen LogP contribution is 2.44. The van der Waals surface area contributed by atoms with Crippen LogP contribution < -0.4 is 9.04 Å². The first-order valence-corrected chi connectivity index (χ1v) is 14.7. The fourth-order valence-corrected chi connectivity index (χ4v) is 6.96. The number of hydrogen-bond donors (Lipinski definition) is 0. The molecule has 3 aromatic rings. The van der Waals surface area contributed by atoms with Crippen molar-refractivity contribution in [1.29, 1.82) is 0 Å². The Bertz CT molecular complexity index is 1740. The second kappa shape index (κ2) is 11.3. The third kappa shape index (κ3) is 6.24. The van der Waals surface area contributed by atoms with Crippen LogP contribution >= 0.6 is 11.6 Å². The van der Waals surface area contributed by atoms with Gasteiger partial charge in [0.25, 0.3) is 10.0 Å². The van der Waals surface area contributed by atoms with Gasteiger partial charge in [-0.25, -0.2) is 8.42 Å². The molecule has 0 aliphatic carbocycles. The second-order valence-corrected chi connectivity index (χ2v) is 12.6. The Kier molecular flexibility index (Phi) is 8.14. The number of halogens is 7. The van der Waals surface area contributed by atoms with E-state index in [0.29, 0.717) is 6.07 Å². The molecule has 3 aromatic carbocycles. The molecule has 0 N–H and O–H groups in total. The smallest absolute Gasteiger partial charge is 0.417 e. The van der Waals surface area contributed by atoms with Gasteiger partial charge in [0, 0.05) is 23.7 Å². The van der Waals surface area contributed by atoms with Crippen molar-refractivity contribution in [3.63, 3.8) is 0 Å². The van der Waals surface area contributed by atoms with Gasteiger partial charge in [-0.1, -0.05) is 42.0 Å². The van der Waals surface area contributed by atoms with Crippen molar-refractivity contribution < 1.29 is 49.0 Å². The van der Waals surface area contributed by atoms with Crippen molar-refractivity contribution >= 4 is 45.4 Å². The van der Waals surface area contributed by atoms with Crippen LogP contribution in [0.4, 0.5) is 32.0 Å². The number of carbonyl (C=O) groups is 1. The summed E-state index contributed by atoms with van der Waals surface area (Å²) in [5, 5.41) is -0.158. The number of carbonyl (C=O) groups excluding carboxylic acids is 1. The average molecular weight is 661 g/mol. The molecule has 7 nitrogen and oxygen atoms in total. The van der Waals surface area contributed by atoms with E-state index in [9.17, 15) is 39.6 Å². The summed E-state index contributed by atoms with van der Waals surface area (Å²) in [7, 11) is -3.40. The maximum absolute atomic E-state index is 13.9. The Morgan fingerprint density at radius 1 is 0.977 bits per heavy atom. The van der Waals surface area contributed by atoms with E-state index in [4.69, 9.17) is 16.3 Å². The highest BCUT2D eigenvalue weighted by atomic mass is 35.5. The molecule has 0 bridgehead atoms. The first-order chi connectivity index (χ1) is 20.5. The molecule has 2 aliphatic rings. The third-order valence-corrected chi connectivity index (χ3v) is 9.25. The summed E-state index contributed by atoms with van der Waals surface area (Å²) >= 11 is 6.05. The highest BCUT2D eigenvalue weighted by molar-refractivity contribution is 7.92. The van der Waals surface area contributed by atoms with E-state index >= 15 is 0 Å². The Morgan fingerprint density at radius 3 is 2.34 bits per heavy atom. The van der Waals surface area contributed by atoms with Gasteiger partial charge in [0.2, 0.25) is 0 Å². The van der Waals surface area contributed by atoms with Crippen molar-refractivity contribution in [1.82, 2.24) is 4.90 Å². The summed E-state index contributed by atoms with van der Waals surface area (Å²) in [5.74, 6) is -0.441. The molecular formula is C29H23ClF6N2O5S. The first-order valence-electron chi connectivity index (χ1n) is 12.9. The summed E-state index contributed by atoms with van der Waals surface area (Å²) < 4.78 is 121. The Labute approximate surface area is 253 Å². The van der Waals surface area contributed by atoms with Crippen molar-refractivity contribution in [3.05, 3.63) is 87.9 Å². The van der Waals surface area contributed by atoms with Gasteiger partial charge < -0.3 is 9.47 Å². The molecule has 0 atom stereocenters. The van der Waals surface area contributed by atoms with E-state index in [-0.39, 0.29) is 53.8 Å². The van der Waals surface area contributed by atoms with Crippen molar-refractivity contribution in [3.8, 4) is 5.75 Å². The summed E-state index contributed by atoms with van der Waals surface area (Å²) in [5.41, 5.74) is -3.33. The lowest BCUT2D eigenvalue weighted by atomic mass is 9.91. The van der Waals surface area contributed by atoms with Gasteiger partial charge in [-0.3, -0.25) is 14.0 Å². The molecule has 0 saturated carbocycles. The van der Waals surface area contributed by atoms with Crippen molar-refractivity contribution in [2.45, 2.75) is 22.8 Å². The minimum Gasteiger partial charge on any atom is -0.480 e. The molecule has 234 valence electrons. The maximum atomic E-state index is 13.9. The Morgan fingerprint density at radius 2 is 1.68 bits per heavy atom. The number of alkyl halides is 6. The molecule has 0 amide bonds. The van der Waals surface area contributed by atoms with Crippen LogP contribution in [0.1, 0.15) is 22.3 Å². The van der Waals surface area contributed by atoms with Crippen molar-refractivity contribution in [2.75, 3.05) is 37.6 Å². The number of ether oxygens (including phenoxy) is 2. The lowest BCUT2D eigenvalue weighted by molar-refractivity contribution is -0.148. The predicted octanol–water partition coefficient (Wildman–Crippen LogP) is 6.36. The summed E-state index contributed by atoms with van der Waals surface area (Å²) in [6.07, 6.45) is -7.05. The molecule has 2 heterocycles. The van der Waals surface area contributed by atoms with E-state index in [0.717, 1.165) is 40.7 Å². The minimum atomic E-state index is -4.80. The van der Waals surface area contributed by atoms with Crippen LogP contribution in [0.2, 0.25) is 5.02 Å². The molecule has 2 aliphatic heterocycles. The lowest BCUT2D eigenvalue weighted by Crippen LogP contribution is -2.71. The molecule has 1 spiro atoms. The van der Waals surface area contributed by atoms with Crippen LogP contribution in [0.15, 0.2) is 65.6 Å². The number of benzene rings is 3. The summed E-state index contributed by atoms with van der Waals surface area (Å²) in [6, 6.07) is 10.9. The number of sulfonamides is 1. The van der Waals surface area contributed by atoms with Gasteiger partial charge in [0.05, 0.1) is 41.9 Å². The number of rotatable bonds is 6. The minimum absolute atomic E-state index is 0.0307. The maximum Gasteiger partial charge on any atom is 0.417 e. The van der Waals surface area contributed by atoms with Gasteiger partial charge in [-0.05, 0) is 48.0 Å². The molecule has 15 heteroatoms. The number of anilines is 1. The van der Waals surface area contributed by atoms with Crippen LogP contribution in [-0.2, 0) is 31.9 Å². The normalized spacial score (nSPS) is 16.9. The van der Waals surface area contributed by atoms with Crippen LogP contribution in [0.5, 0.6) is 5.75 Å². The topological polar surface area (TPSA) is 76.2 Å². The Hall–Kier alpha value is -3.75. The molecule has 5 rings (SSSR count). The van der Waals surface area contributed by atoms with Crippen molar-refractivity contribution in [2.24, 2.45) is 0 Å². The molecule has 0 radical (unpaired) electrons. The largest absolute Gasteiger partial charge is 0.480 e. The van der Waals surface area contributed by atoms with Gasteiger partial charge in [-0.15, -0.1) is 0 Å². The highest BCUT2D eigenvalue weighted by Gasteiger charge is 2.52. The summed E-state index contributed by atoms with van der Waals surface area (Å²) in [4.78, 5) is 12.8. The van der Waals surface area contributed by atoms with E-state index in [1.165, 1.54) is 37.5 Å². The van der Waals surface area contributed by atoms with E-state index in [2.05, 4.69) is 4.74 Å². The summed E-state index contributed by atoms with van der Waals surface area (Å²) in [6.45, 7) is -0.165. The number of nitrogens with zero attached hydrogens (tertiary/aromatic N) is 2. The van der Waals surface area contributed by atoms with Gasteiger partial charge >= 0.3 is 18.3 Å². The number of esters is 1. The van der Waals surface area contributed by atoms with Crippen LogP contribution in [-0.4, -0.2) is 58.2 Å². The average Bonchev–Trinajstić information content (AvgIpc) is 2.94. The molecule has 44 heavy (non-hydrogen) atoms. The Balaban J connectivity index is 1.55. The van der Waals surface area contributed by atoms with E-state index in [1.54, 1.807) is 4.90 Å². The van der Waals surface area contributed by atoms with Crippen LogP contribution in [0.3, 0.4) is 0 Å². The zero-order valence-electron chi connectivity index (χ0n) is 22.7. The SMILES string of the molecule is COC(=O)CN1CC2(C1)CN(S(=O)(=O)c1cccc(C(F)(F)F)c1)c1cc(/C=C/c3c(Cl)cccc3C(F)(F)F)ccc1O2. The number of likely N-dealkylation sites (tertiary alicyclic amines) is 1. The van der Waals surface area contributed by atoms with Crippen LogP contribution in [0, 0.1) is 0 Å². The predicted molar refractivity (Wildman–Crippen MR) is 150 cm³/mol. The van der Waals surface area contributed by atoms with E-state index < -0.39 is 50.0 Å². The van der Waals surface area contributed by atoms with Gasteiger partial charge in [-0.2, -0.15) is 26.3 Å². The lowest BCUT2D eigenvalue weighted by Gasteiger charge is -2.53. The van der Waals surface area contributed by atoms with Gasteiger partial charge in [0.15, 0.2) is 5.60 Å². The standard InChI is InChI=1S/C29H23ClF6N2O5S/c1-42-26(39)14-37-15-27(16-37)17-38(44(40,41)20-5-2-4-19(13-20)28(31,32)33)24-12-18(9-11-25(24)43-27)8-10-21-22(29(34,35)36)6-3-7-23(21)30/h2-13H,14-17H2,1H3/b10-8+. The molecule has 0 aromatic heterocycles. The number of methoxy groups -OCH3 is 1. The molecule has 0 unspecified atom stereocenters. The first kappa shape index (κ1) is 31.7. The second-order valence-electron chi connectivity index (χ2n) is 10.3. The number of fused-ring (bicyclic) bond motifs is 1. The monoisotopic (exact) mass is 660 g/mol.